The van der Waals surface area contributed by atoms with Gasteiger partial charge in [0.05, 0.1) is 18.5 Å². The number of likely N-dealkylation sites (tertiary alicyclic amines) is 1. The summed E-state index contributed by atoms with van der Waals surface area (Å²) in [5, 5.41) is 3.26. The minimum Gasteiger partial charge on any atom is -0.478 e. The molecular weight excluding hydrogens is 242 g/mol. The monoisotopic (exact) mass is 261 g/mol. The Morgan fingerprint density at radius 1 is 1.42 bits per heavy atom. The van der Waals surface area contributed by atoms with Gasteiger partial charge in [-0.3, -0.25) is 4.79 Å². The maximum absolute atomic E-state index is 12.2. The molecule has 1 atom stereocenters. The largest absolute Gasteiger partial charge is 0.478 e. The molecular formula is C14H19N3O2. The Morgan fingerprint density at radius 2 is 2.26 bits per heavy atom. The summed E-state index contributed by atoms with van der Waals surface area (Å²) in [5.74, 6) is 0.849. The number of carbonyl (C=O) groups excluding carboxylic acids is 1. The van der Waals surface area contributed by atoms with Gasteiger partial charge in [0, 0.05) is 18.7 Å². The fourth-order valence-electron chi connectivity index (χ4n) is 2.48. The quantitative estimate of drug-likeness (QED) is 0.875. The summed E-state index contributed by atoms with van der Waals surface area (Å²) >= 11 is 0. The van der Waals surface area contributed by atoms with Crippen molar-refractivity contribution in [3.63, 3.8) is 0 Å². The van der Waals surface area contributed by atoms with Gasteiger partial charge in [-0.25, -0.2) is 4.98 Å². The SMILES string of the molecule is CCOc1ccc(N[C@H]2CCN(C3CC3)C2=O)cn1. The van der Waals surface area contributed by atoms with E-state index in [4.69, 9.17) is 4.74 Å². The molecule has 0 radical (unpaired) electrons. The summed E-state index contributed by atoms with van der Waals surface area (Å²) in [6, 6.07) is 4.15. The van der Waals surface area contributed by atoms with Gasteiger partial charge >= 0.3 is 0 Å². The molecule has 2 aliphatic rings. The van der Waals surface area contributed by atoms with E-state index >= 15 is 0 Å². The highest BCUT2D eigenvalue weighted by Gasteiger charge is 2.40. The molecule has 0 aromatic carbocycles. The van der Waals surface area contributed by atoms with Crippen molar-refractivity contribution >= 4 is 11.6 Å². The zero-order chi connectivity index (χ0) is 13.2. The molecule has 3 rings (SSSR count). The molecule has 1 aliphatic carbocycles. The van der Waals surface area contributed by atoms with Crippen LogP contribution in [0.3, 0.4) is 0 Å². The van der Waals surface area contributed by atoms with Crippen molar-refractivity contribution in [2.75, 3.05) is 18.5 Å². The van der Waals surface area contributed by atoms with Crippen LogP contribution in [0.2, 0.25) is 0 Å². The smallest absolute Gasteiger partial charge is 0.245 e. The van der Waals surface area contributed by atoms with E-state index in [0.29, 0.717) is 18.5 Å². The van der Waals surface area contributed by atoms with Crippen molar-refractivity contribution in [2.24, 2.45) is 0 Å². The fraction of sp³-hybridized carbons (Fsp3) is 0.571. The summed E-state index contributed by atoms with van der Waals surface area (Å²) in [4.78, 5) is 18.4. The number of rotatable bonds is 5. The van der Waals surface area contributed by atoms with Gasteiger partial charge in [0.25, 0.3) is 0 Å². The highest BCUT2D eigenvalue weighted by atomic mass is 16.5. The number of nitrogens with zero attached hydrogens (tertiary/aromatic N) is 2. The number of hydrogen-bond acceptors (Lipinski definition) is 4. The number of nitrogens with one attached hydrogen (secondary N) is 1. The summed E-state index contributed by atoms with van der Waals surface area (Å²) in [5.41, 5.74) is 0.874. The lowest BCUT2D eigenvalue weighted by atomic mass is 10.2. The van der Waals surface area contributed by atoms with Crippen molar-refractivity contribution in [2.45, 2.75) is 38.3 Å². The van der Waals surface area contributed by atoms with Crippen molar-refractivity contribution in [1.29, 1.82) is 0 Å². The highest BCUT2D eigenvalue weighted by molar-refractivity contribution is 5.87. The molecule has 5 nitrogen and oxygen atoms in total. The third-order valence-corrected chi connectivity index (χ3v) is 3.60. The van der Waals surface area contributed by atoms with E-state index in [2.05, 4.69) is 10.3 Å². The molecule has 2 fully saturated rings. The zero-order valence-electron chi connectivity index (χ0n) is 11.1. The van der Waals surface area contributed by atoms with E-state index in [9.17, 15) is 4.79 Å². The fourth-order valence-corrected chi connectivity index (χ4v) is 2.48. The van der Waals surface area contributed by atoms with E-state index in [0.717, 1.165) is 18.7 Å². The first-order valence-corrected chi connectivity index (χ1v) is 6.94. The van der Waals surface area contributed by atoms with Crippen LogP contribution in [0, 0.1) is 0 Å². The molecule has 19 heavy (non-hydrogen) atoms. The maximum atomic E-state index is 12.2. The molecule has 1 aliphatic heterocycles. The topological polar surface area (TPSA) is 54.5 Å². The lowest BCUT2D eigenvalue weighted by Gasteiger charge is -2.16. The van der Waals surface area contributed by atoms with Gasteiger partial charge in [0.1, 0.15) is 6.04 Å². The number of amides is 1. The van der Waals surface area contributed by atoms with Gasteiger partial charge in [-0.1, -0.05) is 0 Å². The molecule has 0 bridgehead atoms. The number of anilines is 1. The summed E-state index contributed by atoms with van der Waals surface area (Å²) in [6.07, 6.45) is 4.94. The third-order valence-electron chi connectivity index (χ3n) is 3.60. The van der Waals surface area contributed by atoms with Gasteiger partial charge in [0.2, 0.25) is 11.8 Å². The average Bonchev–Trinajstić information content (AvgIpc) is 3.19. The van der Waals surface area contributed by atoms with Crippen LogP contribution >= 0.6 is 0 Å². The van der Waals surface area contributed by atoms with Crippen molar-refractivity contribution in [1.82, 2.24) is 9.88 Å². The predicted octanol–water partition coefficient (Wildman–Crippen LogP) is 1.66. The van der Waals surface area contributed by atoms with E-state index in [1.54, 1.807) is 6.20 Å². The molecule has 1 aromatic heterocycles. The first-order chi connectivity index (χ1) is 9.28. The minimum absolute atomic E-state index is 0.0969. The average molecular weight is 261 g/mol. The van der Waals surface area contributed by atoms with Crippen LogP contribution < -0.4 is 10.1 Å². The number of pyridine rings is 1. The number of aromatic nitrogens is 1. The second kappa shape index (κ2) is 5.07. The van der Waals surface area contributed by atoms with Crippen LogP contribution in [0.15, 0.2) is 18.3 Å². The second-order valence-corrected chi connectivity index (χ2v) is 5.07. The van der Waals surface area contributed by atoms with Crippen LogP contribution in [0.1, 0.15) is 26.2 Å². The van der Waals surface area contributed by atoms with Gasteiger partial charge in [-0.15, -0.1) is 0 Å². The van der Waals surface area contributed by atoms with Gasteiger partial charge in [-0.05, 0) is 32.3 Å². The van der Waals surface area contributed by atoms with E-state index in [1.807, 2.05) is 24.0 Å². The zero-order valence-corrected chi connectivity index (χ0v) is 11.1. The van der Waals surface area contributed by atoms with E-state index in [1.165, 1.54) is 12.8 Å². The summed E-state index contributed by atoms with van der Waals surface area (Å²) in [7, 11) is 0. The lowest BCUT2D eigenvalue weighted by Crippen LogP contribution is -2.34. The Hall–Kier alpha value is -1.78. The molecule has 2 heterocycles. The molecule has 1 amide bonds. The number of hydrogen-bond donors (Lipinski definition) is 1. The standard InChI is InChI=1S/C14H19N3O2/c1-2-19-13-6-3-10(9-15-13)16-12-7-8-17(14(12)18)11-4-5-11/h3,6,9,11-12,16H,2,4-5,7-8H2,1H3/t12-/m0/s1. The molecule has 1 aromatic rings. The van der Waals surface area contributed by atoms with E-state index in [-0.39, 0.29) is 11.9 Å². The molecule has 1 N–H and O–H groups in total. The van der Waals surface area contributed by atoms with Crippen LogP contribution in [-0.2, 0) is 4.79 Å². The molecule has 0 unspecified atom stereocenters. The number of ether oxygens (including phenoxy) is 1. The molecule has 5 heteroatoms. The Balaban J connectivity index is 1.60. The van der Waals surface area contributed by atoms with Gasteiger partial charge < -0.3 is 15.0 Å². The first-order valence-electron chi connectivity index (χ1n) is 6.94. The minimum atomic E-state index is -0.0969. The molecule has 1 saturated carbocycles. The predicted molar refractivity (Wildman–Crippen MR) is 72.2 cm³/mol. The first kappa shape index (κ1) is 12.3. The van der Waals surface area contributed by atoms with Gasteiger partial charge in [-0.2, -0.15) is 0 Å². The van der Waals surface area contributed by atoms with Crippen LogP contribution in [-0.4, -0.2) is 41.0 Å². The molecule has 102 valence electrons. The number of carbonyl (C=O) groups is 1. The third kappa shape index (κ3) is 2.64. The summed E-state index contributed by atoms with van der Waals surface area (Å²) < 4.78 is 5.29. The van der Waals surface area contributed by atoms with E-state index < -0.39 is 0 Å². The van der Waals surface area contributed by atoms with Crippen LogP contribution in [0.4, 0.5) is 5.69 Å². The Kier molecular flexibility index (Phi) is 3.27. The van der Waals surface area contributed by atoms with Crippen molar-refractivity contribution in [3.05, 3.63) is 18.3 Å². The highest BCUT2D eigenvalue weighted by Crippen LogP contribution is 2.31. The van der Waals surface area contributed by atoms with Crippen molar-refractivity contribution in [3.8, 4) is 5.88 Å². The lowest BCUT2D eigenvalue weighted by molar-refractivity contribution is -0.128. The van der Waals surface area contributed by atoms with Crippen molar-refractivity contribution < 1.29 is 9.53 Å². The second-order valence-electron chi connectivity index (χ2n) is 5.07. The van der Waals surface area contributed by atoms with Crippen LogP contribution in [0.25, 0.3) is 0 Å². The Bertz CT molecular complexity index is 456. The normalized spacial score (nSPS) is 22.7. The molecule has 0 spiro atoms. The van der Waals surface area contributed by atoms with Gasteiger partial charge in [0.15, 0.2) is 0 Å². The molecule has 1 saturated heterocycles. The Labute approximate surface area is 113 Å². The maximum Gasteiger partial charge on any atom is 0.245 e. The van der Waals surface area contributed by atoms with Crippen LogP contribution in [0.5, 0.6) is 5.88 Å². The Morgan fingerprint density at radius 3 is 2.89 bits per heavy atom. The summed E-state index contributed by atoms with van der Waals surface area (Å²) in [6.45, 7) is 3.42.